The summed E-state index contributed by atoms with van der Waals surface area (Å²) in [4.78, 5) is 35.2. The van der Waals surface area contributed by atoms with Crippen molar-refractivity contribution in [2.24, 2.45) is 0 Å². The first-order valence-electron chi connectivity index (χ1n) is 20.7. The van der Waals surface area contributed by atoms with E-state index < -0.39 is 26.5 Å². The number of nitrogens with zero attached hydrogens (tertiary/aromatic N) is 1. The molecular weight excluding hydrogens is 677 g/mol. The number of allylic oxidation sites excluding steroid dienone is 6. The lowest BCUT2D eigenvalue weighted by Crippen LogP contribution is -2.37. The molecule has 0 radical (unpaired) electrons. The summed E-state index contributed by atoms with van der Waals surface area (Å²) >= 11 is 0. The van der Waals surface area contributed by atoms with E-state index in [1.54, 1.807) is 0 Å². The van der Waals surface area contributed by atoms with Gasteiger partial charge in [0, 0.05) is 12.8 Å². The molecule has 0 rings (SSSR count). The normalized spacial score (nSPS) is 14.0. The van der Waals surface area contributed by atoms with E-state index in [1.807, 2.05) is 21.1 Å². The Morgan fingerprint density at radius 3 is 1.58 bits per heavy atom. The van der Waals surface area contributed by atoms with E-state index in [0.29, 0.717) is 23.9 Å². The number of esters is 2. The van der Waals surface area contributed by atoms with Crippen LogP contribution in [0, 0.1) is 0 Å². The lowest BCUT2D eigenvalue weighted by Gasteiger charge is -2.24. The van der Waals surface area contributed by atoms with E-state index >= 15 is 0 Å². The van der Waals surface area contributed by atoms with Crippen molar-refractivity contribution >= 4 is 19.8 Å². The molecule has 9 nitrogen and oxygen atoms in total. The molecule has 0 heterocycles. The predicted molar refractivity (Wildman–Crippen MR) is 215 cm³/mol. The average Bonchev–Trinajstić information content (AvgIpc) is 3.09. The fourth-order valence-electron chi connectivity index (χ4n) is 5.37. The Morgan fingerprint density at radius 1 is 0.596 bits per heavy atom. The molecule has 0 aromatic carbocycles. The lowest BCUT2D eigenvalue weighted by molar-refractivity contribution is -0.870. The number of carbonyl (C=O) groups is 2. The van der Waals surface area contributed by atoms with Crippen LogP contribution >= 0.6 is 7.82 Å². The summed E-state index contributed by atoms with van der Waals surface area (Å²) in [6.07, 6.45) is 37.6. The zero-order chi connectivity index (χ0) is 38.6. The molecule has 10 heteroatoms. The van der Waals surface area contributed by atoms with Gasteiger partial charge in [-0.1, -0.05) is 140 Å². The van der Waals surface area contributed by atoms with Crippen molar-refractivity contribution in [2.45, 2.75) is 174 Å². The highest BCUT2D eigenvalue weighted by molar-refractivity contribution is 7.47. The van der Waals surface area contributed by atoms with Crippen LogP contribution in [0.3, 0.4) is 0 Å². The summed E-state index contributed by atoms with van der Waals surface area (Å²) < 4.78 is 34.2. The van der Waals surface area contributed by atoms with Gasteiger partial charge in [0.05, 0.1) is 27.7 Å². The fraction of sp³-hybridized carbons (Fsp3) is 0.810. The fourth-order valence-corrected chi connectivity index (χ4v) is 6.11. The number of hydrogen-bond donors (Lipinski definition) is 1. The summed E-state index contributed by atoms with van der Waals surface area (Å²) in [7, 11) is 1.46. The first-order chi connectivity index (χ1) is 25.0. The maximum Gasteiger partial charge on any atom is 0.472 e. The Bertz CT molecular complexity index is 991. The molecular formula is C42H79NO8P+. The van der Waals surface area contributed by atoms with Crippen molar-refractivity contribution in [1.29, 1.82) is 0 Å². The average molecular weight is 757 g/mol. The van der Waals surface area contributed by atoms with Gasteiger partial charge < -0.3 is 18.9 Å². The molecule has 0 aromatic heterocycles. The van der Waals surface area contributed by atoms with Crippen LogP contribution in [0.4, 0.5) is 0 Å². The molecule has 52 heavy (non-hydrogen) atoms. The first-order valence-corrected chi connectivity index (χ1v) is 22.2. The third-order valence-electron chi connectivity index (χ3n) is 8.67. The van der Waals surface area contributed by atoms with Gasteiger partial charge in [-0.15, -0.1) is 0 Å². The molecule has 0 aromatic rings. The molecule has 0 aliphatic rings. The Hall–Kier alpha value is -1.77. The third-order valence-corrected chi connectivity index (χ3v) is 9.66. The highest BCUT2D eigenvalue weighted by atomic mass is 31.2. The molecule has 0 aliphatic carbocycles. The van der Waals surface area contributed by atoms with Gasteiger partial charge >= 0.3 is 19.8 Å². The summed E-state index contributed by atoms with van der Waals surface area (Å²) in [5, 5.41) is 0. The minimum absolute atomic E-state index is 0.0283. The molecule has 1 unspecified atom stereocenters. The van der Waals surface area contributed by atoms with E-state index in [4.69, 9.17) is 18.5 Å². The highest BCUT2D eigenvalue weighted by Gasteiger charge is 2.27. The van der Waals surface area contributed by atoms with E-state index in [0.717, 1.165) is 51.4 Å². The van der Waals surface area contributed by atoms with Gasteiger partial charge in [0.25, 0.3) is 0 Å². The highest BCUT2D eigenvalue weighted by Crippen LogP contribution is 2.43. The quantitative estimate of drug-likeness (QED) is 0.0219. The molecule has 0 spiro atoms. The summed E-state index contributed by atoms with van der Waals surface area (Å²) in [5.41, 5.74) is 0. The smallest absolute Gasteiger partial charge is 0.462 e. The Balaban J connectivity index is 4.41. The van der Waals surface area contributed by atoms with Crippen molar-refractivity contribution in [1.82, 2.24) is 0 Å². The summed E-state index contributed by atoms with van der Waals surface area (Å²) in [6, 6.07) is 0. The Kier molecular flexibility index (Phi) is 33.8. The van der Waals surface area contributed by atoms with Crippen LogP contribution in [0.2, 0.25) is 0 Å². The summed E-state index contributed by atoms with van der Waals surface area (Å²) in [5.74, 6) is -0.824. The predicted octanol–water partition coefficient (Wildman–Crippen LogP) is 11.4. The largest absolute Gasteiger partial charge is 0.472 e. The number of phosphoric acid groups is 1. The van der Waals surface area contributed by atoms with E-state index in [9.17, 15) is 19.0 Å². The van der Waals surface area contributed by atoms with E-state index in [2.05, 4.69) is 50.3 Å². The van der Waals surface area contributed by atoms with Gasteiger partial charge in [-0.3, -0.25) is 18.6 Å². The molecule has 304 valence electrons. The van der Waals surface area contributed by atoms with Crippen LogP contribution in [-0.2, 0) is 32.7 Å². The molecule has 0 fully saturated rings. The second kappa shape index (κ2) is 35.0. The van der Waals surface area contributed by atoms with Crippen molar-refractivity contribution in [3.05, 3.63) is 36.5 Å². The number of unbranched alkanes of at least 4 members (excludes halogenated alkanes) is 17. The Labute approximate surface area is 319 Å². The standard InChI is InChI=1S/C42H78NO8P/c1-6-8-10-12-14-16-18-19-20-21-22-23-25-26-28-30-32-34-41(44)48-38-40(39-50-52(46,47)49-37-36-43(3,4)5)51-42(45)35-33-31-29-27-24-17-15-13-11-9-7-2/h14,16,19-20,22-23,40H,6-13,15,17-18,21,24-39H2,1-5H3/p+1/b16-14+,20-19+,23-22+/t40-/m0/s1. The minimum Gasteiger partial charge on any atom is -0.462 e. The van der Waals surface area contributed by atoms with Crippen LogP contribution in [0.25, 0.3) is 0 Å². The molecule has 2 atom stereocenters. The van der Waals surface area contributed by atoms with E-state index in [1.165, 1.54) is 77.0 Å². The van der Waals surface area contributed by atoms with Crippen molar-refractivity contribution in [3.63, 3.8) is 0 Å². The van der Waals surface area contributed by atoms with Crippen LogP contribution in [0.15, 0.2) is 36.5 Å². The van der Waals surface area contributed by atoms with Gasteiger partial charge in [0.15, 0.2) is 6.10 Å². The molecule has 0 aliphatic heterocycles. The third kappa shape index (κ3) is 38.0. The number of quaternary nitrogens is 1. The number of likely N-dealkylation sites (N-methyl/N-ethyl adjacent to an activating group) is 1. The van der Waals surface area contributed by atoms with E-state index in [-0.39, 0.29) is 32.0 Å². The molecule has 0 saturated carbocycles. The lowest BCUT2D eigenvalue weighted by atomic mass is 10.1. The number of ether oxygens (including phenoxy) is 2. The van der Waals surface area contributed by atoms with Gasteiger partial charge in [0.2, 0.25) is 0 Å². The SMILES string of the molecule is CCCCC/C=C/C/C=C/C/C=C/CCCCCCC(=O)OC[C@@H](COP(=O)(O)OCC[N+](C)(C)C)OC(=O)CCCCCCCCCCCCC. The van der Waals surface area contributed by atoms with Gasteiger partial charge in [-0.05, 0) is 51.4 Å². The number of hydrogen-bond acceptors (Lipinski definition) is 7. The van der Waals surface area contributed by atoms with Crippen LogP contribution in [0.1, 0.15) is 168 Å². The second-order valence-electron chi connectivity index (χ2n) is 15.0. The van der Waals surface area contributed by atoms with Gasteiger partial charge in [-0.25, -0.2) is 4.57 Å². The summed E-state index contributed by atoms with van der Waals surface area (Å²) in [6.45, 7) is 4.35. The zero-order valence-electron chi connectivity index (χ0n) is 34.0. The number of rotatable bonds is 37. The molecule has 0 bridgehead atoms. The van der Waals surface area contributed by atoms with Crippen molar-refractivity contribution in [2.75, 3.05) is 47.5 Å². The monoisotopic (exact) mass is 757 g/mol. The zero-order valence-corrected chi connectivity index (χ0v) is 34.9. The van der Waals surface area contributed by atoms with Crippen LogP contribution in [0.5, 0.6) is 0 Å². The topological polar surface area (TPSA) is 108 Å². The molecule has 1 N–H and O–H groups in total. The number of phosphoric ester groups is 1. The van der Waals surface area contributed by atoms with Gasteiger partial charge in [0.1, 0.15) is 19.8 Å². The molecule has 0 saturated heterocycles. The van der Waals surface area contributed by atoms with Crippen LogP contribution < -0.4 is 0 Å². The maximum atomic E-state index is 12.6. The number of carbonyl (C=O) groups excluding carboxylic acids is 2. The second-order valence-corrected chi connectivity index (χ2v) is 16.5. The first kappa shape index (κ1) is 50.2. The van der Waals surface area contributed by atoms with Crippen molar-refractivity contribution in [3.8, 4) is 0 Å². The van der Waals surface area contributed by atoms with Crippen LogP contribution in [-0.4, -0.2) is 74.9 Å². The minimum atomic E-state index is -4.37. The Morgan fingerprint density at radius 2 is 1.04 bits per heavy atom. The van der Waals surface area contributed by atoms with Crippen molar-refractivity contribution < 1.29 is 42.1 Å². The van der Waals surface area contributed by atoms with Gasteiger partial charge in [-0.2, -0.15) is 0 Å². The maximum absolute atomic E-state index is 12.6. The molecule has 0 amide bonds.